The molecule has 2 nitrogen and oxygen atoms in total. The Labute approximate surface area is 123 Å². The minimum absolute atomic E-state index is 0.693. The van der Waals surface area contributed by atoms with E-state index in [0.29, 0.717) is 5.02 Å². The lowest BCUT2D eigenvalue weighted by atomic mass is 9.97. The average molecular weight is 283 g/mol. The molecule has 0 bridgehead atoms. The molecule has 0 aliphatic rings. The Morgan fingerprint density at radius 3 is 2.30 bits per heavy atom. The van der Waals surface area contributed by atoms with Crippen LogP contribution in [0.2, 0.25) is 5.02 Å². The molecular formula is C17H15ClN2. The number of rotatable bonds is 1. The number of aryl methyl sites for hydroxylation is 2. The van der Waals surface area contributed by atoms with Gasteiger partial charge in [-0.3, -0.25) is 0 Å². The molecule has 0 N–H and O–H groups in total. The molecular weight excluding hydrogens is 268 g/mol. The highest BCUT2D eigenvalue weighted by Gasteiger charge is 2.09. The van der Waals surface area contributed by atoms with Crippen LogP contribution < -0.4 is 0 Å². The van der Waals surface area contributed by atoms with E-state index in [0.717, 1.165) is 22.2 Å². The summed E-state index contributed by atoms with van der Waals surface area (Å²) in [6, 6.07) is 10.1. The molecule has 0 fully saturated rings. The number of hydrogen-bond acceptors (Lipinski definition) is 2. The average Bonchev–Trinajstić information content (AvgIpc) is 2.43. The molecule has 1 aromatic heterocycles. The first-order chi connectivity index (χ1) is 9.56. The van der Waals surface area contributed by atoms with E-state index >= 15 is 0 Å². The Kier molecular flexibility index (Phi) is 3.19. The van der Waals surface area contributed by atoms with Crippen LogP contribution >= 0.6 is 11.6 Å². The molecule has 0 unspecified atom stereocenters. The molecule has 0 amide bonds. The van der Waals surface area contributed by atoms with Crippen molar-refractivity contribution in [3.63, 3.8) is 0 Å². The fraction of sp³-hybridized carbons (Fsp3) is 0.176. The molecule has 0 aliphatic heterocycles. The predicted molar refractivity (Wildman–Crippen MR) is 84.2 cm³/mol. The Bertz CT molecular complexity index is 786. The van der Waals surface area contributed by atoms with E-state index in [2.05, 4.69) is 42.9 Å². The van der Waals surface area contributed by atoms with Gasteiger partial charge in [-0.05, 0) is 67.8 Å². The van der Waals surface area contributed by atoms with Gasteiger partial charge in [-0.2, -0.15) is 0 Å². The van der Waals surface area contributed by atoms with E-state index in [1.54, 1.807) is 6.33 Å². The number of hydrogen-bond donors (Lipinski definition) is 0. The van der Waals surface area contributed by atoms with Crippen molar-refractivity contribution in [2.45, 2.75) is 20.8 Å². The van der Waals surface area contributed by atoms with Crippen LogP contribution in [0.5, 0.6) is 0 Å². The van der Waals surface area contributed by atoms with Crippen LogP contribution in [0, 0.1) is 20.8 Å². The Balaban J connectivity index is 2.30. The highest BCUT2D eigenvalue weighted by molar-refractivity contribution is 6.31. The zero-order chi connectivity index (χ0) is 14.3. The molecule has 0 radical (unpaired) electrons. The summed E-state index contributed by atoms with van der Waals surface area (Å²) in [5.74, 6) is 0. The summed E-state index contributed by atoms with van der Waals surface area (Å²) >= 11 is 6.03. The molecule has 3 heteroatoms. The minimum atomic E-state index is 0.693. The van der Waals surface area contributed by atoms with Gasteiger partial charge < -0.3 is 0 Å². The molecule has 0 saturated carbocycles. The van der Waals surface area contributed by atoms with Gasteiger partial charge in [0.05, 0.1) is 11.2 Å². The Morgan fingerprint density at radius 1 is 0.900 bits per heavy atom. The van der Waals surface area contributed by atoms with Crippen LogP contribution in [-0.4, -0.2) is 9.97 Å². The maximum atomic E-state index is 6.03. The normalized spacial score (nSPS) is 11.0. The molecule has 3 aromatic rings. The van der Waals surface area contributed by atoms with E-state index in [-0.39, 0.29) is 0 Å². The monoisotopic (exact) mass is 282 g/mol. The molecule has 2 aromatic carbocycles. The topological polar surface area (TPSA) is 25.8 Å². The van der Waals surface area contributed by atoms with E-state index in [1.165, 1.54) is 16.7 Å². The smallest absolute Gasteiger partial charge is 0.116 e. The lowest BCUT2D eigenvalue weighted by molar-refractivity contribution is 1.21. The van der Waals surface area contributed by atoms with Crippen LogP contribution in [-0.2, 0) is 0 Å². The number of aromatic nitrogens is 2. The van der Waals surface area contributed by atoms with Crippen LogP contribution in [0.1, 0.15) is 16.7 Å². The SMILES string of the molecule is Cc1cc(-c2ncnc3cc(Cl)ccc23)cc(C)c1C. The molecule has 3 rings (SSSR count). The lowest BCUT2D eigenvalue weighted by Gasteiger charge is -2.10. The molecule has 0 saturated heterocycles. The third-order valence-corrected chi connectivity index (χ3v) is 4.03. The maximum Gasteiger partial charge on any atom is 0.116 e. The summed E-state index contributed by atoms with van der Waals surface area (Å²) in [4.78, 5) is 8.76. The first-order valence-corrected chi connectivity index (χ1v) is 6.92. The predicted octanol–water partition coefficient (Wildman–Crippen LogP) is 4.88. The second-order valence-corrected chi connectivity index (χ2v) is 5.56. The minimum Gasteiger partial charge on any atom is -0.236 e. The zero-order valence-corrected chi connectivity index (χ0v) is 12.5. The molecule has 20 heavy (non-hydrogen) atoms. The highest BCUT2D eigenvalue weighted by atomic mass is 35.5. The van der Waals surface area contributed by atoms with Crippen LogP contribution in [0.25, 0.3) is 22.2 Å². The van der Waals surface area contributed by atoms with Crippen molar-refractivity contribution in [1.29, 1.82) is 0 Å². The van der Waals surface area contributed by atoms with Crippen molar-refractivity contribution >= 4 is 22.5 Å². The van der Waals surface area contributed by atoms with Gasteiger partial charge in [0.25, 0.3) is 0 Å². The van der Waals surface area contributed by atoms with Crippen molar-refractivity contribution < 1.29 is 0 Å². The number of benzene rings is 2. The fourth-order valence-electron chi connectivity index (χ4n) is 2.43. The van der Waals surface area contributed by atoms with Gasteiger partial charge in [-0.25, -0.2) is 9.97 Å². The zero-order valence-electron chi connectivity index (χ0n) is 11.7. The van der Waals surface area contributed by atoms with Crippen LogP contribution in [0.3, 0.4) is 0 Å². The Morgan fingerprint density at radius 2 is 1.60 bits per heavy atom. The molecule has 0 spiro atoms. The van der Waals surface area contributed by atoms with Crippen molar-refractivity contribution in [2.24, 2.45) is 0 Å². The van der Waals surface area contributed by atoms with Gasteiger partial charge in [0.1, 0.15) is 6.33 Å². The Hall–Kier alpha value is -1.93. The van der Waals surface area contributed by atoms with Gasteiger partial charge in [0, 0.05) is 16.0 Å². The quantitative estimate of drug-likeness (QED) is 0.636. The van der Waals surface area contributed by atoms with E-state index < -0.39 is 0 Å². The third-order valence-electron chi connectivity index (χ3n) is 3.80. The molecule has 0 atom stereocenters. The third kappa shape index (κ3) is 2.16. The van der Waals surface area contributed by atoms with Crippen LogP contribution in [0.4, 0.5) is 0 Å². The molecule has 0 aliphatic carbocycles. The maximum absolute atomic E-state index is 6.03. The summed E-state index contributed by atoms with van der Waals surface area (Å²) in [7, 11) is 0. The van der Waals surface area contributed by atoms with Crippen LogP contribution in [0.15, 0.2) is 36.7 Å². The van der Waals surface area contributed by atoms with Crippen molar-refractivity contribution in [1.82, 2.24) is 9.97 Å². The van der Waals surface area contributed by atoms with E-state index in [9.17, 15) is 0 Å². The summed E-state index contributed by atoms with van der Waals surface area (Å²) in [6.45, 7) is 6.41. The standard InChI is InChI=1S/C17H15ClN2/c1-10-6-13(7-11(2)12(10)3)17-15-5-4-14(18)8-16(15)19-9-20-17/h4-9H,1-3H3. The number of nitrogens with zero attached hydrogens (tertiary/aromatic N) is 2. The van der Waals surface area contributed by atoms with Gasteiger partial charge in [-0.1, -0.05) is 11.6 Å². The van der Waals surface area contributed by atoms with Crippen molar-refractivity contribution in [2.75, 3.05) is 0 Å². The van der Waals surface area contributed by atoms with E-state index in [4.69, 9.17) is 11.6 Å². The van der Waals surface area contributed by atoms with Gasteiger partial charge in [0.15, 0.2) is 0 Å². The van der Waals surface area contributed by atoms with Gasteiger partial charge >= 0.3 is 0 Å². The summed E-state index contributed by atoms with van der Waals surface area (Å²) in [5.41, 5.74) is 6.84. The first-order valence-electron chi connectivity index (χ1n) is 6.55. The molecule has 100 valence electrons. The summed E-state index contributed by atoms with van der Waals surface area (Å²) in [6.07, 6.45) is 1.60. The largest absolute Gasteiger partial charge is 0.236 e. The summed E-state index contributed by atoms with van der Waals surface area (Å²) in [5, 5.41) is 1.72. The van der Waals surface area contributed by atoms with E-state index in [1.807, 2.05) is 18.2 Å². The second kappa shape index (κ2) is 4.88. The van der Waals surface area contributed by atoms with Gasteiger partial charge in [-0.15, -0.1) is 0 Å². The summed E-state index contributed by atoms with van der Waals surface area (Å²) < 4.78 is 0. The fourth-order valence-corrected chi connectivity index (χ4v) is 2.60. The van der Waals surface area contributed by atoms with Gasteiger partial charge in [0.2, 0.25) is 0 Å². The number of fused-ring (bicyclic) bond motifs is 1. The first kappa shape index (κ1) is 13.1. The van der Waals surface area contributed by atoms with Crippen molar-refractivity contribution in [3.8, 4) is 11.3 Å². The lowest BCUT2D eigenvalue weighted by Crippen LogP contribution is -1.93. The molecule has 1 heterocycles. The number of halogens is 1. The van der Waals surface area contributed by atoms with Crippen molar-refractivity contribution in [3.05, 3.63) is 58.4 Å². The highest BCUT2D eigenvalue weighted by Crippen LogP contribution is 2.29. The second-order valence-electron chi connectivity index (χ2n) is 5.12.